The van der Waals surface area contributed by atoms with E-state index >= 15 is 4.39 Å². The monoisotopic (exact) mass is 502 g/mol. The fourth-order valence-corrected chi connectivity index (χ4v) is 5.60. The van der Waals surface area contributed by atoms with Crippen LogP contribution >= 0.6 is 0 Å². The van der Waals surface area contributed by atoms with Gasteiger partial charge in [-0.1, -0.05) is 0 Å². The number of hydrogen-bond acceptors (Lipinski definition) is 7. The molecule has 0 radical (unpaired) electrons. The summed E-state index contributed by atoms with van der Waals surface area (Å²) in [4.78, 5) is 23.3. The number of likely N-dealkylation sites (tertiary alicyclic amines) is 1. The Balaban J connectivity index is 1.37. The molecule has 0 unspecified atom stereocenters. The third kappa shape index (κ3) is 6.52. The number of nitrogens with zero attached hydrogens (tertiary/aromatic N) is 4. The highest BCUT2D eigenvalue weighted by Crippen LogP contribution is 2.42. The molecule has 0 aromatic carbocycles. The minimum absolute atomic E-state index is 0.00902. The summed E-state index contributed by atoms with van der Waals surface area (Å²) in [6, 6.07) is -0.218. The first-order chi connectivity index (χ1) is 16.7. The van der Waals surface area contributed by atoms with Crippen molar-refractivity contribution >= 4 is 17.5 Å². The van der Waals surface area contributed by atoms with E-state index in [4.69, 9.17) is 10.5 Å². The molecule has 1 atom stereocenters. The van der Waals surface area contributed by atoms with Crippen molar-refractivity contribution in [2.24, 2.45) is 23.5 Å². The molecular weight excluding hydrogens is 468 g/mol. The molecule has 3 aliphatic rings. The van der Waals surface area contributed by atoms with Crippen molar-refractivity contribution < 1.29 is 27.1 Å². The summed E-state index contributed by atoms with van der Waals surface area (Å²) in [7, 11) is 0. The van der Waals surface area contributed by atoms with Crippen molar-refractivity contribution in [3.05, 3.63) is 12.1 Å². The molecule has 12 heteroatoms. The molecule has 1 saturated carbocycles. The second kappa shape index (κ2) is 11.2. The van der Waals surface area contributed by atoms with Gasteiger partial charge in [-0.15, -0.1) is 0 Å². The Kier molecular flexibility index (Phi) is 8.31. The van der Waals surface area contributed by atoms with E-state index < -0.39 is 17.9 Å². The summed E-state index contributed by atoms with van der Waals surface area (Å²) in [5.41, 5.74) is 5.26. The summed E-state index contributed by atoms with van der Waals surface area (Å²) in [5, 5.41) is 3.12. The molecule has 3 fully saturated rings. The van der Waals surface area contributed by atoms with Gasteiger partial charge >= 0.3 is 6.18 Å². The fourth-order valence-electron chi connectivity index (χ4n) is 5.60. The van der Waals surface area contributed by atoms with Gasteiger partial charge in [-0.25, -0.2) is 9.97 Å². The molecule has 0 bridgehead atoms. The Bertz CT molecular complexity index is 857. The van der Waals surface area contributed by atoms with Crippen molar-refractivity contribution in [1.82, 2.24) is 14.9 Å². The maximum atomic E-state index is 15.5. The molecule has 1 amide bonds. The molecule has 1 aromatic heterocycles. The summed E-state index contributed by atoms with van der Waals surface area (Å²) >= 11 is 0. The molecule has 35 heavy (non-hydrogen) atoms. The number of nitrogens with one attached hydrogen (secondary N) is 1. The lowest BCUT2D eigenvalue weighted by molar-refractivity contribution is -0.184. The number of alkyl halides is 3. The Morgan fingerprint density at radius 2 is 1.83 bits per heavy atom. The molecular formula is C23H34F4N6O2. The Morgan fingerprint density at radius 3 is 2.49 bits per heavy atom. The lowest BCUT2D eigenvalue weighted by Crippen LogP contribution is -2.51. The summed E-state index contributed by atoms with van der Waals surface area (Å²) in [6.45, 7) is 3.50. The van der Waals surface area contributed by atoms with Crippen LogP contribution in [0.15, 0.2) is 6.33 Å². The number of carbonyl (C=O) groups excluding carboxylic acids is 1. The predicted octanol–water partition coefficient (Wildman–Crippen LogP) is 2.80. The van der Waals surface area contributed by atoms with E-state index in [1.165, 1.54) is 6.33 Å². The largest absolute Gasteiger partial charge is 0.391 e. The molecule has 2 saturated heterocycles. The third-order valence-corrected chi connectivity index (χ3v) is 7.63. The van der Waals surface area contributed by atoms with E-state index in [0.29, 0.717) is 45.1 Å². The number of ether oxygens (including phenoxy) is 1. The highest BCUT2D eigenvalue weighted by Gasteiger charge is 2.44. The summed E-state index contributed by atoms with van der Waals surface area (Å²) < 4.78 is 60.4. The van der Waals surface area contributed by atoms with Crippen LogP contribution in [0, 0.1) is 23.6 Å². The zero-order chi connectivity index (χ0) is 25.0. The van der Waals surface area contributed by atoms with Gasteiger partial charge in [0.15, 0.2) is 11.6 Å². The van der Waals surface area contributed by atoms with Crippen LogP contribution in [-0.2, 0) is 9.53 Å². The molecule has 196 valence electrons. The number of amides is 1. The van der Waals surface area contributed by atoms with Crippen LogP contribution in [-0.4, -0.2) is 78.9 Å². The SMILES string of the molecule is NC(=O)CN1CCC(CNc2ncnc(N3CCOC[C@@H]3C3CCC(C(F)(F)F)CC3)c2F)CC1. The number of morpholine rings is 1. The van der Waals surface area contributed by atoms with Crippen LogP contribution in [0.3, 0.4) is 0 Å². The third-order valence-electron chi connectivity index (χ3n) is 7.63. The van der Waals surface area contributed by atoms with Gasteiger partial charge in [-0.05, 0) is 63.5 Å². The Labute approximate surface area is 202 Å². The van der Waals surface area contributed by atoms with Crippen LogP contribution in [0.1, 0.15) is 38.5 Å². The van der Waals surface area contributed by atoms with Crippen molar-refractivity contribution in [1.29, 1.82) is 0 Å². The molecule has 4 rings (SSSR count). The smallest absolute Gasteiger partial charge is 0.377 e. The quantitative estimate of drug-likeness (QED) is 0.554. The Hall–Kier alpha value is -2.21. The highest BCUT2D eigenvalue weighted by atomic mass is 19.4. The van der Waals surface area contributed by atoms with E-state index in [0.717, 1.165) is 25.9 Å². The average Bonchev–Trinajstić information content (AvgIpc) is 2.84. The second-order valence-electron chi connectivity index (χ2n) is 9.92. The number of halogens is 4. The lowest BCUT2D eigenvalue weighted by atomic mass is 9.77. The summed E-state index contributed by atoms with van der Waals surface area (Å²) in [6.07, 6.45) is -0.0552. The lowest BCUT2D eigenvalue weighted by Gasteiger charge is -2.43. The number of aromatic nitrogens is 2. The van der Waals surface area contributed by atoms with Crippen molar-refractivity contribution in [2.75, 3.05) is 56.2 Å². The van der Waals surface area contributed by atoms with E-state index in [2.05, 4.69) is 15.3 Å². The fraction of sp³-hybridized carbons (Fsp3) is 0.783. The number of hydrogen-bond donors (Lipinski definition) is 2. The number of primary amides is 1. The topological polar surface area (TPSA) is 96.6 Å². The van der Waals surface area contributed by atoms with Crippen LogP contribution in [0.2, 0.25) is 0 Å². The van der Waals surface area contributed by atoms with Gasteiger partial charge in [0.1, 0.15) is 6.33 Å². The minimum Gasteiger partial charge on any atom is -0.377 e. The van der Waals surface area contributed by atoms with Crippen LogP contribution in [0.25, 0.3) is 0 Å². The standard InChI is InChI=1S/C23H34F4N6O2/c24-20-21(29-11-15-5-7-32(8-6-15)12-19(28)34)30-14-31-22(20)33-9-10-35-13-18(33)16-1-3-17(4-2-16)23(25,26)27/h14-18H,1-13H2,(H2,28,34)(H,29,30,31)/t16?,17?,18-/m1/s1. The minimum atomic E-state index is -4.16. The van der Waals surface area contributed by atoms with Crippen molar-refractivity contribution in [2.45, 2.75) is 50.7 Å². The van der Waals surface area contributed by atoms with E-state index in [9.17, 15) is 18.0 Å². The molecule has 1 aliphatic carbocycles. The molecule has 8 nitrogen and oxygen atoms in total. The van der Waals surface area contributed by atoms with Gasteiger partial charge in [0.05, 0.1) is 31.7 Å². The van der Waals surface area contributed by atoms with Gasteiger partial charge in [0, 0.05) is 13.1 Å². The molecule has 2 aliphatic heterocycles. The van der Waals surface area contributed by atoms with Crippen LogP contribution in [0.4, 0.5) is 29.2 Å². The number of nitrogens with two attached hydrogens (primary N) is 1. The second-order valence-corrected chi connectivity index (χ2v) is 9.92. The zero-order valence-electron chi connectivity index (χ0n) is 19.8. The van der Waals surface area contributed by atoms with Gasteiger partial charge in [0.2, 0.25) is 11.7 Å². The number of carbonyl (C=O) groups is 1. The first-order valence-corrected chi connectivity index (χ1v) is 12.4. The maximum Gasteiger partial charge on any atom is 0.391 e. The predicted molar refractivity (Wildman–Crippen MR) is 122 cm³/mol. The number of rotatable bonds is 7. The molecule has 1 aromatic rings. The van der Waals surface area contributed by atoms with E-state index in [-0.39, 0.29) is 48.9 Å². The number of piperidine rings is 1. The van der Waals surface area contributed by atoms with Crippen molar-refractivity contribution in [3.8, 4) is 0 Å². The molecule has 3 heterocycles. The normalized spacial score (nSPS) is 27.1. The van der Waals surface area contributed by atoms with Gasteiger partial charge in [0.25, 0.3) is 0 Å². The van der Waals surface area contributed by atoms with E-state index in [1.54, 1.807) is 0 Å². The number of anilines is 2. The van der Waals surface area contributed by atoms with E-state index in [1.807, 2.05) is 9.80 Å². The molecule has 0 spiro atoms. The molecule has 3 N–H and O–H groups in total. The van der Waals surface area contributed by atoms with Gasteiger partial charge in [-0.3, -0.25) is 9.69 Å². The summed E-state index contributed by atoms with van der Waals surface area (Å²) in [5.74, 6) is -1.54. The maximum absolute atomic E-state index is 15.5. The highest BCUT2D eigenvalue weighted by molar-refractivity contribution is 5.75. The Morgan fingerprint density at radius 1 is 1.11 bits per heavy atom. The first-order valence-electron chi connectivity index (χ1n) is 12.4. The average molecular weight is 503 g/mol. The van der Waals surface area contributed by atoms with Gasteiger partial charge in [-0.2, -0.15) is 17.6 Å². The van der Waals surface area contributed by atoms with Crippen molar-refractivity contribution in [3.63, 3.8) is 0 Å². The zero-order valence-corrected chi connectivity index (χ0v) is 19.8. The van der Waals surface area contributed by atoms with Crippen LogP contribution in [0.5, 0.6) is 0 Å². The van der Waals surface area contributed by atoms with Crippen LogP contribution < -0.4 is 16.0 Å². The first kappa shape index (κ1) is 25.9. The van der Waals surface area contributed by atoms with Gasteiger partial charge < -0.3 is 20.7 Å².